The summed E-state index contributed by atoms with van der Waals surface area (Å²) in [7, 11) is -2.52. The molecule has 0 bridgehead atoms. The number of hydrogen-bond acceptors (Lipinski definition) is 5. The van der Waals surface area contributed by atoms with Gasteiger partial charge < -0.3 is 14.6 Å². The highest BCUT2D eigenvalue weighted by Gasteiger charge is 2.33. The zero-order valence-electron chi connectivity index (χ0n) is 15.3. The van der Waals surface area contributed by atoms with Gasteiger partial charge in [-0.2, -0.15) is 0 Å². The monoisotopic (exact) mass is 391 g/mol. The molecule has 2 aromatic rings. The van der Waals surface area contributed by atoms with Gasteiger partial charge in [0.15, 0.2) is 0 Å². The summed E-state index contributed by atoms with van der Waals surface area (Å²) >= 11 is 0. The minimum absolute atomic E-state index is 0.0879. The van der Waals surface area contributed by atoms with E-state index in [-0.39, 0.29) is 29.7 Å². The van der Waals surface area contributed by atoms with E-state index in [1.54, 1.807) is 19.1 Å². The second-order valence-electron chi connectivity index (χ2n) is 6.54. The van der Waals surface area contributed by atoms with Gasteiger partial charge in [-0.05, 0) is 55.3 Å². The molecule has 0 saturated carbocycles. The van der Waals surface area contributed by atoms with Gasteiger partial charge in [0.25, 0.3) is 10.0 Å². The van der Waals surface area contributed by atoms with Crippen LogP contribution >= 0.6 is 0 Å². The molecule has 8 heteroatoms. The topological polar surface area (TPSA) is 93.1 Å². The third-order valence-corrected chi connectivity index (χ3v) is 6.00. The molecule has 1 atom stereocenters. The first kappa shape index (κ1) is 19.2. The Bertz CT molecular complexity index is 986. The molecule has 3 rings (SSSR count). The minimum atomic E-state index is -3.98. The molecule has 1 N–H and O–H groups in total. The van der Waals surface area contributed by atoms with Gasteiger partial charge in [-0.15, -0.1) is 0 Å². The summed E-state index contributed by atoms with van der Waals surface area (Å²) in [6, 6.07) is 9.32. The molecule has 1 aliphatic heterocycles. The van der Waals surface area contributed by atoms with Crippen LogP contribution in [-0.2, 0) is 21.4 Å². The van der Waals surface area contributed by atoms with Gasteiger partial charge in [-0.1, -0.05) is 6.07 Å². The van der Waals surface area contributed by atoms with Crippen LogP contribution in [-0.4, -0.2) is 39.3 Å². The second kappa shape index (κ2) is 7.21. The van der Waals surface area contributed by atoms with Crippen LogP contribution in [0.1, 0.15) is 28.4 Å². The maximum Gasteiger partial charge on any atom is 0.335 e. The summed E-state index contributed by atoms with van der Waals surface area (Å²) in [4.78, 5) is 11.3. The van der Waals surface area contributed by atoms with Crippen molar-refractivity contribution in [2.24, 2.45) is 0 Å². The number of aromatic carboxylic acids is 1. The Balaban J connectivity index is 2.13. The highest BCUT2D eigenvalue weighted by Crippen LogP contribution is 2.37. The summed E-state index contributed by atoms with van der Waals surface area (Å²) in [6.07, 6.45) is -0.338. The standard InChI is InChI=1S/C19H21NO6S/c1-12-4-5-17-18(6-12)26-13(2)10-20(17)27(23,24)16-8-14(11-25-3)7-15(9-16)19(21)22/h4-9,13H,10-11H2,1-3H3,(H,21,22). The number of rotatable bonds is 5. The van der Waals surface area contributed by atoms with Crippen LogP contribution in [0.25, 0.3) is 0 Å². The molecule has 27 heavy (non-hydrogen) atoms. The number of ether oxygens (including phenoxy) is 2. The Morgan fingerprint density at radius 3 is 2.70 bits per heavy atom. The molecule has 7 nitrogen and oxygen atoms in total. The van der Waals surface area contributed by atoms with Crippen LogP contribution in [0.4, 0.5) is 5.69 Å². The predicted octanol–water partition coefficient (Wildman–Crippen LogP) is 2.82. The lowest BCUT2D eigenvalue weighted by molar-refractivity contribution is 0.0696. The SMILES string of the molecule is COCc1cc(C(=O)O)cc(S(=O)(=O)N2CC(C)Oc3cc(C)ccc32)c1. The van der Waals surface area contributed by atoms with E-state index in [2.05, 4.69) is 0 Å². The van der Waals surface area contributed by atoms with Crippen molar-refractivity contribution >= 4 is 21.7 Å². The molecule has 1 unspecified atom stereocenters. The molecular weight excluding hydrogens is 370 g/mol. The van der Waals surface area contributed by atoms with E-state index in [0.717, 1.165) is 5.56 Å². The molecule has 1 heterocycles. The number of hydrogen-bond donors (Lipinski definition) is 1. The van der Waals surface area contributed by atoms with E-state index >= 15 is 0 Å². The molecular formula is C19H21NO6S. The van der Waals surface area contributed by atoms with Gasteiger partial charge in [0.2, 0.25) is 0 Å². The van der Waals surface area contributed by atoms with Gasteiger partial charge in [-0.25, -0.2) is 13.2 Å². The van der Waals surface area contributed by atoms with Crippen molar-refractivity contribution in [1.29, 1.82) is 0 Å². The van der Waals surface area contributed by atoms with Crippen molar-refractivity contribution in [1.82, 2.24) is 0 Å². The number of anilines is 1. The molecule has 0 saturated heterocycles. The largest absolute Gasteiger partial charge is 0.487 e. The number of aryl methyl sites for hydroxylation is 1. The Labute approximate surface area is 158 Å². The van der Waals surface area contributed by atoms with Crippen molar-refractivity contribution in [2.75, 3.05) is 18.0 Å². The predicted molar refractivity (Wildman–Crippen MR) is 99.9 cm³/mol. The number of carboxylic acids is 1. The number of methoxy groups -OCH3 is 1. The van der Waals surface area contributed by atoms with Crippen molar-refractivity contribution in [2.45, 2.75) is 31.5 Å². The van der Waals surface area contributed by atoms with E-state index in [9.17, 15) is 18.3 Å². The molecule has 1 aliphatic rings. The number of benzene rings is 2. The average molecular weight is 391 g/mol. The van der Waals surface area contributed by atoms with Gasteiger partial charge in [0, 0.05) is 7.11 Å². The highest BCUT2D eigenvalue weighted by molar-refractivity contribution is 7.92. The van der Waals surface area contributed by atoms with Gasteiger partial charge in [-0.3, -0.25) is 4.31 Å². The van der Waals surface area contributed by atoms with E-state index in [1.165, 1.54) is 29.6 Å². The molecule has 0 radical (unpaired) electrons. The fraction of sp³-hybridized carbons (Fsp3) is 0.316. The number of fused-ring (bicyclic) bond motifs is 1. The van der Waals surface area contributed by atoms with E-state index in [0.29, 0.717) is 17.0 Å². The quantitative estimate of drug-likeness (QED) is 0.842. The zero-order chi connectivity index (χ0) is 19.8. The maximum atomic E-state index is 13.3. The molecule has 0 aromatic heterocycles. The van der Waals surface area contributed by atoms with Gasteiger partial charge in [0.05, 0.1) is 29.3 Å². The smallest absolute Gasteiger partial charge is 0.335 e. The first-order valence-corrected chi connectivity index (χ1v) is 9.82. The van der Waals surface area contributed by atoms with Crippen molar-refractivity contribution in [3.8, 4) is 5.75 Å². The Morgan fingerprint density at radius 1 is 1.30 bits per heavy atom. The summed E-state index contributed by atoms with van der Waals surface area (Å²) in [5, 5.41) is 9.34. The Morgan fingerprint density at radius 2 is 2.04 bits per heavy atom. The fourth-order valence-corrected chi connectivity index (χ4v) is 4.69. The zero-order valence-corrected chi connectivity index (χ0v) is 16.1. The summed E-state index contributed by atoms with van der Waals surface area (Å²) < 4.78 is 38.8. The van der Waals surface area contributed by atoms with Crippen LogP contribution in [0.3, 0.4) is 0 Å². The number of carboxylic acid groups (broad SMARTS) is 1. The average Bonchev–Trinajstić information content (AvgIpc) is 2.60. The number of carbonyl (C=O) groups is 1. The molecule has 0 spiro atoms. The van der Waals surface area contributed by atoms with E-state index in [4.69, 9.17) is 9.47 Å². The fourth-order valence-electron chi connectivity index (χ4n) is 3.05. The van der Waals surface area contributed by atoms with Crippen LogP contribution in [0, 0.1) is 6.92 Å². The molecule has 0 fully saturated rings. The van der Waals surface area contributed by atoms with Crippen molar-refractivity contribution in [3.05, 3.63) is 53.1 Å². The lowest BCUT2D eigenvalue weighted by Crippen LogP contribution is -2.42. The van der Waals surface area contributed by atoms with Crippen molar-refractivity contribution in [3.63, 3.8) is 0 Å². The third-order valence-electron chi connectivity index (χ3n) is 4.25. The maximum absolute atomic E-state index is 13.3. The summed E-state index contributed by atoms with van der Waals surface area (Å²) in [5.41, 5.74) is 1.76. The molecule has 144 valence electrons. The lowest BCUT2D eigenvalue weighted by Gasteiger charge is -2.34. The molecule has 0 amide bonds. The van der Waals surface area contributed by atoms with Crippen molar-refractivity contribution < 1.29 is 27.8 Å². The lowest BCUT2D eigenvalue weighted by atomic mass is 10.1. The first-order chi connectivity index (χ1) is 12.7. The third kappa shape index (κ3) is 3.77. The van der Waals surface area contributed by atoms with Crippen LogP contribution in [0.15, 0.2) is 41.3 Å². The van der Waals surface area contributed by atoms with E-state index in [1.807, 2.05) is 13.0 Å². The Kier molecular flexibility index (Phi) is 5.12. The van der Waals surface area contributed by atoms with Crippen LogP contribution in [0.2, 0.25) is 0 Å². The van der Waals surface area contributed by atoms with E-state index < -0.39 is 16.0 Å². The first-order valence-electron chi connectivity index (χ1n) is 8.38. The highest BCUT2D eigenvalue weighted by atomic mass is 32.2. The molecule has 0 aliphatic carbocycles. The van der Waals surface area contributed by atoms with Crippen LogP contribution < -0.4 is 9.04 Å². The van der Waals surface area contributed by atoms with Crippen LogP contribution in [0.5, 0.6) is 5.75 Å². The number of nitrogens with zero attached hydrogens (tertiary/aromatic N) is 1. The number of sulfonamides is 1. The minimum Gasteiger partial charge on any atom is -0.487 e. The Hall–Kier alpha value is -2.58. The van der Waals surface area contributed by atoms with Gasteiger partial charge >= 0.3 is 5.97 Å². The summed E-state index contributed by atoms with van der Waals surface area (Å²) in [5.74, 6) is -0.709. The second-order valence-corrected chi connectivity index (χ2v) is 8.40. The summed E-state index contributed by atoms with van der Waals surface area (Å²) in [6.45, 7) is 3.93. The van der Waals surface area contributed by atoms with Gasteiger partial charge in [0.1, 0.15) is 11.9 Å². The normalized spacial score (nSPS) is 16.6. The molecule has 2 aromatic carbocycles.